The number of carbonyl (C=O) groups is 1. The van der Waals surface area contributed by atoms with E-state index in [1.54, 1.807) is 22.7 Å². The molecule has 4 heterocycles. The van der Waals surface area contributed by atoms with E-state index in [1.807, 2.05) is 24.4 Å². The number of hydrogen-bond acceptors (Lipinski definition) is 4. The number of carbonyl (C=O) groups excluding carboxylic acids is 1. The van der Waals surface area contributed by atoms with Crippen molar-refractivity contribution in [3.63, 3.8) is 0 Å². The highest BCUT2D eigenvalue weighted by molar-refractivity contribution is 6.34. The van der Waals surface area contributed by atoms with Crippen LogP contribution in [0.3, 0.4) is 0 Å². The molecule has 0 saturated heterocycles. The van der Waals surface area contributed by atoms with Gasteiger partial charge in [0.25, 0.3) is 11.5 Å². The Morgan fingerprint density at radius 3 is 2.92 bits per heavy atom. The third-order valence-electron chi connectivity index (χ3n) is 4.15. The van der Waals surface area contributed by atoms with E-state index < -0.39 is 0 Å². The Morgan fingerprint density at radius 1 is 1.29 bits per heavy atom. The first-order valence-corrected chi connectivity index (χ1v) is 7.90. The summed E-state index contributed by atoms with van der Waals surface area (Å²) in [4.78, 5) is 30.5. The van der Waals surface area contributed by atoms with Crippen molar-refractivity contribution in [2.45, 2.75) is 13.0 Å². The van der Waals surface area contributed by atoms with Gasteiger partial charge < -0.3 is 9.47 Å². The fourth-order valence-corrected chi connectivity index (χ4v) is 3.28. The number of fused-ring (bicyclic) bond motifs is 2. The summed E-state index contributed by atoms with van der Waals surface area (Å²) in [6.07, 6.45) is 4.04. The summed E-state index contributed by atoms with van der Waals surface area (Å²) >= 11 is 6.07. The van der Waals surface area contributed by atoms with E-state index in [1.165, 1.54) is 4.57 Å². The average Bonchev–Trinajstić information content (AvgIpc) is 3.11. The zero-order chi connectivity index (χ0) is 16.8. The maximum absolute atomic E-state index is 12.5. The van der Waals surface area contributed by atoms with Gasteiger partial charge in [0.2, 0.25) is 0 Å². The van der Waals surface area contributed by atoms with Gasteiger partial charge in [-0.05, 0) is 12.1 Å². The van der Waals surface area contributed by atoms with Crippen LogP contribution in [0.1, 0.15) is 21.7 Å². The number of aromatic nitrogens is 4. The Hall–Kier alpha value is -2.67. The lowest BCUT2D eigenvalue weighted by Crippen LogP contribution is -2.27. The lowest BCUT2D eigenvalue weighted by Gasteiger charge is -2.13. The molecule has 0 bridgehead atoms. The molecule has 24 heavy (non-hydrogen) atoms. The molecule has 0 fully saturated rings. The maximum Gasteiger partial charge on any atom is 0.269 e. The number of aryl methyl sites for hydroxylation is 1. The summed E-state index contributed by atoms with van der Waals surface area (Å²) in [5, 5.41) is 4.37. The molecule has 0 radical (unpaired) electrons. The minimum atomic E-state index is -0.354. The molecule has 7 nitrogen and oxygen atoms in total. The Labute approximate surface area is 142 Å². The molecule has 0 aromatic carbocycles. The quantitative estimate of drug-likeness (QED) is 0.718. The van der Waals surface area contributed by atoms with Gasteiger partial charge in [0.05, 0.1) is 5.56 Å². The van der Waals surface area contributed by atoms with E-state index in [0.717, 1.165) is 11.2 Å². The van der Waals surface area contributed by atoms with Crippen LogP contribution in [0.15, 0.2) is 35.4 Å². The van der Waals surface area contributed by atoms with Gasteiger partial charge in [0.1, 0.15) is 5.02 Å². The van der Waals surface area contributed by atoms with Crippen LogP contribution in [0.4, 0.5) is 0 Å². The van der Waals surface area contributed by atoms with E-state index in [0.29, 0.717) is 30.9 Å². The summed E-state index contributed by atoms with van der Waals surface area (Å²) in [7, 11) is 1.63. The molecule has 8 heteroatoms. The Kier molecular flexibility index (Phi) is 3.38. The van der Waals surface area contributed by atoms with Crippen LogP contribution >= 0.6 is 11.6 Å². The molecule has 0 saturated carbocycles. The van der Waals surface area contributed by atoms with Gasteiger partial charge in [-0.2, -0.15) is 5.10 Å². The molecule has 1 aliphatic heterocycles. The van der Waals surface area contributed by atoms with E-state index in [4.69, 9.17) is 11.6 Å². The highest BCUT2D eigenvalue weighted by Gasteiger charge is 2.31. The molecule has 1 aliphatic rings. The Balaban J connectivity index is 1.55. The molecular weight excluding hydrogens is 330 g/mol. The lowest BCUT2D eigenvalue weighted by molar-refractivity contribution is 0.0779. The van der Waals surface area contributed by atoms with Crippen molar-refractivity contribution in [2.24, 2.45) is 7.05 Å². The van der Waals surface area contributed by atoms with E-state index in [9.17, 15) is 9.59 Å². The highest BCUT2D eigenvalue weighted by atomic mass is 35.5. The molecule has 3 aromatic rings. The van der Waals surface area contributed by atoms with Crippen molar-refractivity contribution in [2.75, 3.05) is 6.54 Å². The first kappa shape index (κ1) is 14.9. The topological polar surface area (TPSA) is 72.5 Å². The molecular formula is C16H14ClN5O2. The normalized spacial score (nSPS) is 13.8. The first-order chi connectivity index (χ1) is 11.5. The van der Waals surface area contributed by atoms with Crippen molar-refractivity contribution in [1.29, 1.82) is 0 Å². The van der Waals surface area contributed by atoms with Crippen LogP contribution in [0, 0.1) is 0 Å². The fraction of sp³-hybridized carbons (Fsp3) is 0.250. The van der Waals surface area contributed by atoms with Crippen LogP contribution in [-0.2, 0) is 20.0 Å². The van der Waals surface area contributed by atoms with Crippen LogP contribution in [0.25, 0.3) is 5.65 Å². The van der Waals surface area contributed by atoms with E-state index >= 15 is 0 Å². The monoisotopic (exact) mass is 343 g/mol. The standard InChI is InChI=1S/C16H14ClN5O2/c1-20-8-10-9-21(15(23)13(10)14(17)16(20)24)7-5-11-18-12-4-2-3-6-22(12)19-11/h2-4,6,8H,5,7,9H2,1H3. The van der Waals surface area contributed by atoms with E-state index in [-0.39, 0.29) is 16.5 Å². The number of halogens is 1. The maximum atomic E-state index is 12.5. The minimum absolute atomic E-state index is 0.00615. The second-order valence-electron chi connectivity index (χ2n) is 5.77. The first-order valence-electron chi connectivity index (χ1n) is 7.52. The summed E-state index contributed by atoms with van der Waals surface area (Å²) in [5.41, 5.74) is 1.51. The van der Waals surface area contributed by atoms with Crippen molar-refractivity contribution in [1.82, 2.24) is 24.1 Å². The molecule has 0 aliphatic carbocycles. The second-order valence-corrected chi connectivity index (χ2v) is 6.15. The van der Waals surface area contributed by atoms with Crippen LogP contribution in [0.2, 0.25) is 5.02 Å². The minimum Gasteiger partial charge on any atom is -0.334 e. The van der Waals surface area contributed by atoms with Gasteiger partial charge >= 0.3 is 0 Å². The van der Waals surface area contributed by atoms with Crippen LogP contribution < -0.4 is 5.56 Å². The van der Waals surface area contributed by atoms with Gasteiger partial charge in [0, 0.05) is 44.5 Å². The average molecular weight is 344 g/mol. The summed E-state index contributed by atoms with van der Waals surface area (Å²) in [5.74, 6) is 0.461. The summed E-state index contributed by atoms with van der Waals surface area (Å²) < 4.78 is 3.11. The summed E-state index contributed by atoms with van der Waals surface area (Å²) in [6, 6.07) is 5.66. The van der Waals surface area contributed by atoms with Gasteiger partial charge in [-0.1, -0.05) is 17.7 Å². The third kappa shape index (κ3) is 2.28. The molecule has 0 atom stereocenters. The predicted octanol–water partition coefficient (Wildman–Crippen LogP) is 1.28. The summed E-state index contributed by atoms with van der Waals surface area (Å²) in [6.45, 7) is 0.911. The smallest absolute Gasteiger partial charge is 0.269 e. The second kappa shape index (κ2) is 5.45. The van der Waals surface area contributed by atoms with Gasteiger partial charge in [-0.25, -0.2) is 9.50 Å². The van der Waals surface area contributed by atoms with Crippen LogP contribution in [0.5, 0.6) is 0 Å². The number of pyridine rings is 2. The van der Waals surface area contributed by atoms with Crippen molar-refractivity contribution < 1.29 is 4.79 Å². The Bertz CT molecular complexity index is 990. The Morgan fingerprint density at radius 2 is 2.12 bits per heavy atom. The molecule has 0 N–H and O–H groups in total. The van der Waals surface area contributed by atoms with Crippen molar-refractivity contribution >= 4 is 23.2 Å². The fourth-order valence-electron chi connectivity index (χ4n) is 2.95. The van der Waals surface area contributed by atoms with Gasteiger partial charge in [0.15, 0.2) is 11.5 Å². The molecule has 3 aromatic heterocycles. The highest BCUT2D eigenvalue weighted by Crippen LogP contribution is 2.26. The zero-order valence-corrected chi connectivity index (χ0v) is 13.7. The predicted molar refractivity (Wildman–Crippen MR) is 88.1 cm³/mol. The van der Waals surface area contributed by atoms with Crippen molar-refractivity contribution in [3.05, 3.63) is 62.9 Å². The van der Waals surface area contributed by atoms with Crippen molar-refractivity contribution in [3.8, 4) is 0 Å². The largest absolute Gasteiger partial charge is 0.334 e. The third-order valence-corrected chi connectivity index (χ3v) is 4.50. The number of hydrogen-bond donors (Lipinski definition) is 0. The van der Waals surface area contributed by atoms with Crippen LogP contribution in [-0.4, -0.2) is 36.5 Å². The number of nitrogens with zero attached hydrogens (tertiary/aromatic N) is 5. The molecule has 0 unspecified atom stereocenters. The van der Waals surface area contributed by atoms with Gasteiger partial charge in [-0.15, -0.1) is 0 Å². The molecule has 0 spiro atoms. The SMILES string of the molecule is Cn1cc2c(c(Cl)c1=O)C(=O)N(CCc1nc3ccccn3n1)C2. The molecule has 1 amide bonds. The zero-order valence-electron chi connectivity index (χ0n) is 12.9. The number of amides is 1. The molecule has 4 rings (SSSR count). The number of rotatable bonds is 3. The van der Waals surface area contributed by atoms with E-state index in [2.05, 4.69) is 10.1 Å². The lowest BCUT2D eigenvalue weighted by atomic mass is 10.2. The molecule has 122 valence electrons. The van der Waals surface area contributed by atoms with Gasteiger partial charge in [-0.3, -0.25) is 9.59 Å².